The van der Waals surface area contributed by atoms with E-state index in [1.54, 1.807) is 12.1 Å². The third-order valence-electron chi connectivity index (χ3n) is 5.58. The van der Waals surface area contributed by atoms with Gasteiger partial charge in [-0.05, 0) is 61.2 Å². The number of phenolic OH excluding ortho intramolecular Hbond substituents is 1. The number of hydrogen-bond acceptors (Lipinski definition) is 6. The number of aromatic nitrogens is 3. The third kappa shape index (κ3) is 2.53. The average Bonchev–Trinajstić information content (AvgIpc) is 2.96. The van der Waals surface area contributed by atoms with Crippen molar-refractivity contribution in [1.82, 2.24) is 20.1 Å². The summed E-state index contributed by atoms with van der Waals surface area (Å²) in [6.45, 7) is 2.60. The Kier molecular flexibility index (Phi) is 3.81. The fraction of sp³-hybridized carbons (Fsp3) is 0.286. The van der Waals surface area contributed by atoms with Crippen LogP contribution in [0.15, 0.2) is 24.3 Å². The van der Waals surface area contributed by atoms with Crippen LogP contribution >= 0.6 is 0 Å². The van der Waals surface area contributed by atoms with Crippen LogP contribution in [0, 0.1) is 11.3 Å². The maximum absolute atomic E-state index is 9.82. The Morgan fingerprint density at radius 1 is 1.25 bits per heavy atom. The molecule has 28 heavy (non-hydrogen) atoms. The van der Waals surface area contributed by atoms with Gasteiger partial charge in [-0.2, -0.15) is 10.4 Å². The minimum absolute atomic E-state index is 0.221. The number of aromatic hydroxyl groups is 1. The summed E-state index contributed by atoms with van der Waals surface area (Å²) in [7, 11) is 0. The van der Waals surface area contributed by atoms with Gasteiger partial charge in [-0.3, -0.25) is 4.68 Å². The molecule has 0 saturated heterocycles. The molecule has 7 nitrogen and oxygen atoms in total. The lowest BCUT2D eigenvalue weighted by Crippen LogP contribution is -2.12. The Bertz CT molecular complexity index is 1120. The molecular formula is C21H20N6O. The molecule has 0 amide bonds. The van der Waals surface area contributed by atoms with E-state index in [4.69, 9.17) is 10.8 Å². The Morgan fingerprint density at radius 2 is 2.14 bits per heavy atom. The molecule has 0 spiro atoms. The number of anilines is 1. The molecule has 7 heteroatoms. The van der Waals surface area contributed by atoms with Gasteiger partial charge in [0.2, 0.25) is 0 Å². The molecule has 3 heterocycles. The predicted molar refractivity (Wildman–Crippen MR) is 105 cm³/mol. The van der Waals surface area contributed by atoms with Gasteiger partial charge in [-0.25, -0.2) is 4.98 Å². The van der Waals surface area contributed by atoms with Crippen molar-refractivity contribution >= 4 is 5.82 Å². The Hall–Kier alpha value is -3.37. The highest BCUT2D eigenvalue weighted by Crippen LogP contribution is 2.41. The van der Waals surface area contributed by atoms with Crippen LogP contribution in [-0.2, 0) is 25.9 Å². The number of pyridine rings is 1. The van der Waals surface area contributed by atoms with Crippen molar-refractivity contribution in [2.45, 2.75) is 32.4 Å². The van der Waals surface area contributed by atoms with Crippen molar-refractivity contribution in [2.75, 3.05) is 12.3 Å². The number of benzene rings is 1. The van der Waals surface area contributed by atoms with E-state index in [0.29, 0.717) is 5.56 Å². The van der Waals surface area contributed by atoms with E-state index >= 15 is 0 Å². The zero-order valence-electron chi connectivity index (χ0n) is 15.4. The standard InChI is InChI=1S/C21H20N6O/c22-10-17-19(18-9-13-11-24-6-1-7-27(13)26-18)16-4-2-12-8-14(28)3-5-15(12)20(16)25-21(17)23/h3,5,8-9,24,28H,1-2,4,6-7,11H2,(H2,23,25). The Morgan fingerprint density at radius 3 is 3.00 bits per heavy atom. The summed E-state index contributed by atoms with van der Waals surface area (Å²) in [5, 5.41) is 27.8. The molecule has 0 atom stereocenters. The molecular weight excluding hydrogens is 352 g/mol. The van der Waals surface area contributed by atoms with Crippen LogP contribution in [0.5, 0.6) is 5.75 Å². The number of nitrogens with two attached hydrogens (primary N) is 1. The van der Waals surface area contributed by atoms with Gasteiger partial charge in [0.1, 0.15) is 23.2 Å². The molecule has 0 saturated carbocycles. The van der Waals surface area contributed by atoms with Gasteiger partial charge in [0.05, 0.1) is 17.1 Å². The lowest BCUT2D eigenvalue weighted by molar-refractivity contribution is 0.474. The van der Waals surface area contributed by atoms with Crippen LogP contribution in [0.4, 0.5) is 5.82 Å². The molecule has 1 aliphatic heterocycles. The van der Waals surface area contributed by atoms with E-state index in [-0.39, 0.29) is 11.6 Å². The number of nitrogen functional groups attached to an aromatic ring is 1. The highest BCUT2D eigenvalue weighted by Gasteiger charge is 2.27. The topological polar surface area (TPSA) is 113 Å². The highest BCUT2D eigenvalue weighted by molar-refractivity contribution is 5.85. The van der Waals surface area contributed by atoms with Crippen LogP contribution in [0.1, 0.15) is 28.8 Å². The fourth-order valence-corrected chi connectivity index (χ4v) is 4.26. The normalized spacial score (nSPS) is 15.1. The van der Waals surface area contributed by atoms with E-state index < -0.39 is 0 Å². The largest absolute Gasteiger partial charge is 0.508 e. The summed E-state index contributed by atoms with van der Waals surface area (Å²) >= 11 is 0. The first-order valence-electron chi connectivity index (χ1n) is 9.48. The number of nitriles is 1. The molecule has 3 aromatic rings. The molecule has 1 aromatic carbocycles. The highest BCUT2D eigenvalue weighted by atomic mass is 16.3. The zero-order valence-corrected chi connectivity index (χ0v) is 15.4. The number of nitrogens with one attached hydrogen (secondary N) is 1. The van der Waals surface area contributed by atoms with Crippen molar-refractivity contribution < 1.29 is 5.11 Å². The molecule has 0 fully saturated rings. The molecule has 2 aliphatic rings. The number of rotatable bonds is 1. The van der Waals surface area contributed by atoms with E-state index in [9.17, 15) is 10.4 Å². The van der Waals surface area contributed by atoms with Crippen molar-refractivity contribution in [3.05, 3.63) is 46.6 Å². The molecule has 4 N–H and O–H groups in total. The smallest absolute Gasteiger partial charge is 0.142 e. The summed E-state index contributed by atoms with van der Waals surface area (Å²) in [5.74, 6) is 0.466. The maximum Gasteiger partial charge on any atom is 0.142 e. The van der Waals surface area contributed by atoms with E-state index in [1.165, 1.54) is 0 Å². The second kappa shape index (κ2) is 6.36. The van der Waals surface area contributed by atoms with E-state index in [2.05, 4.69) is 22.4 Å². The van der Waals surface area contributed by atoms with Crippen LogP contribution in [0.2, 0.25) is 0 Å². The number of phenols is 1. The average molecular weight is 372 g/mol. The maximum atomic E-state index is 9.82. The second-order valence-electron chi connectivity index (χ2n) is 7.30. The SMILES string of the molecule is N#Cc1c(N)nc2c(c1-c1cc3n(n1)CCCNC3)CCc1cc(O)ccc1-2. The van der Waals surface area contributed by atoms with E-state index in [1.807, 2.05) is 10.7 Å². The van der Waals surface area contributed by atoms with Crippen molar-refractivity contribution in [3.8, 4) is 34.3 Å². The molecule has 1 aliphatic carbocycles. The van der Waals surface area contributed by atoms with Crippen LogP contribution < -0.4 is 11.1 Å². The molecule has 0 bridgehead atoms. The van der Waals surface area contributed by atoms with Gasteiger partial charge in [0.25, 0.3) is 0 Å². The van der Waals surface area contributed by atoms with Crippen LogP contribution in [0.3, 0.4) is 0 Å². The van der Waals surface area contributed by atoms with Gasteiger partial charge < -0.3 is 16.2 Å². The zero-order chi connectivity index (χ0) is 19.3. The fourth-order valence-electron chi connectivity index (χ4n) is 4.26. The van der Waals surface area contributed by atoms with E-state index in [0.717, 1.165) is 78.2 Å². The van der Waals surface area contributed by atoms with Crippen LogP contribution in [-0.4, -0.2) is 26.4 Å². The molecule has 2 aromatic heterocycles. The lowest BCUT2D eigenvalue weighted by Gasteiger charge is -2.22. The monoisotopic (exact) mass is 372 g/mol. The molecule has 5 rings (SSSR count). The molecule has 0 unspecified atom stereocenters. The first-order chi connectivity index (χ1) is 13.7. The first-order valence-corrected chi connectivity index (χ1v) is 9.48. The van der Waals surface area contributed by atoms with Gasteiger partial charge in [0.15, 0.2) is 0 Å². The molecule has 0 radical (unpaired) electrons. The predicted octanol–water partition coefficient (Wildman–Crippen LogP) is 2.36. The summed E-state index contributed by atoms with van der Waals surface area (Å²) in [6.07, 6.45) is 2.52. The summed E-state index contributed by atoms with van der Waals surface area (Å²) in [5.41, 5.74) is 13.1. The number of hydrogen-bond donors (Lipinski definition) is 3. The quantitative estimate of drug-likeness (QED) is 0.604. The second-order valence-corrected chi connectivity index (χ2v) is 7.30. The Balaban J connectivity index is 1.75. The number of aryl methyl sites for hydroxylation is 2. The number of fused-ring (bicyclic) bond motifs is 4. The minimum Gasteiger partial charge on any atom is -0.508 e. The summed E-state index contributed by atoms with van der Waals surface area (Å²) < 4.78 is 2.02. The lowest BCUT2D eigenvalue weighted by atomic mass is 9.84. The van der Waals surface area contributed by atoms with Crippen molar-refractivity contribution in [1.29, 1.82) is 5.26 Å². The van der Waals surface area contributed by atoms with Crippen molar-refractivity contribution in [2.24, 2.45) is 0 Å². The number of nitrogens with zero attached hydrogens (tertiary/aromatic N) is 4. The minimum atomic E-state index is 0.221. The Labute approximate surface area is 162 Å². The van der Waals surface area contributed by atoms with Gasteiger partial charge in [-0.1, -0.05) is 0 Å². The van der Waals surface area contributed by atoms with Crippen molar-refractivity contribution in [3.63, 3.8) is 0 Å². The molecule has 140 valence electrons. The van der Waals surface area contributed by atoms with Gasteiger partial charge in [-0.15, -0.1) is 0 Å². The van der Waals surface area contributed by atoms with Gasteiger partial charge >= 0.3 is 0 Å². The summed E-state index contributed by atoms with van der Waals surface area (Å²) in [4.78, 5) is 4.57. The first kappa shape index (κ1) is 16.8. The van der Waals surface area contributed by atoms with Gasteiger partial charge in [0, 0.05) is 24.2 Å². The third-order valence-corrected chi connectivity index (χ3v) is 5.58. The summed E-state index contributed by atoms with van der Waals surface area (Å²) in [6, 6.07) is 9.61. The van der Waals surface area contributed by atoms with Crippen LogP contribution in [0.25, 0.3) is 22.5 Å².